The van der Waals surface area contributed by atoms with E-state index in [4.69, 9.17) is 0 Å². The molecule has 0 aliphatic rings. The van der Waals surface area contributed by atoms with Gasteiger partial charge in [0.1, 0.15) is 17.0 Å². The van der Waals surface area contributed by atoms with Gasteiger partial charge in [0, 0.05) is 4.88 Å². The van der Waals surface area contributed by atoms with E-state index < -0.39 is 0 Å². The summed E-state index contributed by atoms with van der Waals surface area (Å²) in [5.74, 6) is 0.878. The van der Waals surface area contributed by atoms with Crippen molar-refractivity contribution in [3.05, 3.63) is 23.1 Å². The summed E-state index contributed by atoms with van der Waals surface area (Å²) in [6, 6.07) is 2.16. The molecular formula is C10H10N4S. The molecule has 4 nitrogen and oxygen atoms in total. The molecule has 0 unspecified atom stereocenters. The van der Waals surface area contributed by atoms with Gasteiger partial charge in [0.25, 0.3) is 0 Å². The van der Waals surface area contributed by atoms with E-state index >= 15 is 0 Å². The molecule has 0 fully saturated rings. The molecule has 15 heavy (non-hydrogen) atoms. The van der Waals surface area contributed by atoms with Crippen LogP contribution in [0.3, 0.4) is 0 Å². The average Bonchev–Trinajstić information content (AvgIpc) is 2.81. The molecule has 0 aliphatic carbocycles. The smallest absolute Gasteiger partial charge is 0.172 e. The Morgan fingerprint density at radius 2 is 2.27 bits per heavy atom. The van der Waals surface area contributed by atoms with Crippen molar-refractivity contribution in [1.29, 1.82) is 0 Å². The van der Waals surface area contributed by atoms with E-state index in [0.717, 1.165) is 28.1 Å². The summed E-state index contributed by atoms with van der Waals surface area (Å²) < 4.78 is 1.93. The molecule has 0 spiro atoms. The van der Waals surface area contributed by atoms with E-state index in [0.29, 0.717) is 0 Å². The predicted octanol–water partition coefficient (Wildman–Crippen LogP) is 2.21. The highest BCUT2D eigenvalue weighted by molar-refractivity contribution is 7.18. The van der Waals surface area contributed by atoms with Crippen LogP contribution in [0.25, 0.3) is 15.9 Å². The van der Waals surface area contributed by atoms with Crippen LogP contribution in [0, 0.1) is 6.92 Å². The SMILES string of the molecule is CCc1cc2c(ncn3c(C)nnc23)s1. The zero-order valence-corrected chi connectivity index (χ0v) is 9.38. The van der Waals surface area contributed by atoms with Crippen LogP contribution in [0.1, 0.15) is 17.6 Å². The first-order chi connectivity index (χ1) is 7.29. The van der Waals surface area contributed by atoms with Gasteiger partial charge >= 0.3 is 0 Å². The number of thiophene rings is 1. The lowest BCUT2D eigenvalue weighted by molar-refractivity contribution is 0.990. The lowest BCUT2D eigenvalue weighted by Crippen LogP contribution is -1.89. The summed E-state index contributed by atoms with van der Waals surface area (Å²) >= 11 is 1.73. The second kappa shape index (κ2) is 3.00. The fourth-order valence-corrected chi connectivity index (χ4v) is 2.59. The molecule has 0 bridgehead atoms. The molecule has 76 valence electrons. The number of rotatable bonds is 1. The number of aryl methyl sites for hydroxylation is 2. The highest BCUT2D eigenvalue weighted by Gasteiger charge is 2.09. The summed E-state index contributed by atoms with van der Waals surface area (Å²) in [6.45, 7) is 4.08. The van der Waals surface area contributed by atoms with Gasteiger partial charge in [-0.25, -0.2) is 4.98 Å². The monoisotopic (exact) mass is 218 g/mol. The Hall–Kier alpha value is -1.49. The quantitative estimate of drug-likeness (QED) is 0.629. The van der Waals surface area contributed by atoms with Crippen molar-refractivity contribution in [1.82, 2.24) is 19.6 Å². The third-order valence-electron chi connectivity index (χ3n) is 2.51. The first-order valence-corrected chi connectivity index (χ1v) is 5.70. The van der Waals surface area contributed by atoms with Crippen molar-refractivity contribution in [2.45, 2.75) is 20.3 Å². The van der Waals surface area contributed by atoms with Crippen molar-refractivity contribution < 1.29 is 0 Å². The van der Waals surface area contributed by atoms with E-state index in [-0.39, 0.29) is 0 Å². The molecule has 3 rings (SSSR count). The third-order valence-corrected chi connectivity index (χ3v) is 3.70. The molecule has 5 heteroatoms. The fraction of sp³-hybridized carbons (Fsp3) is 0.300. The Morgan fingerprint density at radius 3 is 3.07 bits per heavy atom. The van der Waals surface area contributed by atoms with Crippen molar-refractivity contribution in [3.63, 3.8) is 0 Å². The Morgan fingerprint density at radius 1 is 1.40 bits per heavy atom. The van der Waals surface area contributed by atoms with Gasteiger partial charge in [-0.05, 0) is 19.4 Å². The van der Waals surface area contributed by atoms with Crippen molar-refractivity contribution in [2.24, 2.45) is 0 Å². The largest absolute Gasteiger partial charge is 0.269 e. The van der Waals surface area contributed by atoms with E-state index in [1.807, 2.05) is 11.3 Å². The van der Waals surface area contributed by atoms with Gasteiger partial charge in [0.15, 0.2) is 5.65 Å². The number of aromatic nitrogens is 4. The third kappa shape index (κ3) is 1.16. The highest BCUT2D eigenvalue weighted by Crippen LogP contribution is 2.26. The maximum Gasteiger partial charge on any atom is 0.172 e. The molecule has 0 saturated heterocycles. The number of hydrogen-bond acceptors (Lipinski definition) is 4. The van der Waals surface area contributed by atoms with Gasteiger partial charge < -0.3 is 0 Å². The fourth-order valence-electron chi connectivity index (χ4n) is 1.66. The molecule has 0 aliphatic heterocycles. The predicted molar refractivity (Wildman–Crippen MR) is 60.3 cm³/mol. The van der Waals surface area contributed by atoms with Crippen molar-refractivity contribution >= 4 is 27.2 Å². The Labute approximate surface area is 90.6 Å². The molecule has 3 aromatic rings. The second-order valence-corrected chi connectivity index (χ2v) is 4.59. The number of hydrogen-bond donors (Lipinski definition) is 0. The zero-order valence-electron chi connectivity index (χ0n) is 8.56. The summed E-state index contributed by atoms with van der Waals surface area (Å²) in [4.78, 5) is 6.80. The van der Waals surface area contributed by atoms with E-state index in [2.05, 4.69) is 28.2 Å². The number of nitrogens with zero attached hydrogens (tertiary/aromatic N) is 4. The van der Waals surface area contributed by atoms with Crippen LogP contribution in [0.15, 0.2) is 12.4 Å². The van der Waals surface area contributed by atoms with Crippen LogP contribution in [-0.4, -0.2) is 19.6 Å². The molecule has 3 aromatic heterocycles. The first kappa shape index (κ1) is 8.79. The molecule has 0 atom stereocenters. The summed E-state index contributed by atoms with van der Waals surface area (Å²) in [5, 5.41) is 9.34. The van der Waals surface area contributed by atoms with Crippen LogP contribution >= 0.6 is 11.3 Å². The van der Waals surface area contributed by atoms with Gasteiger partial charge in [-0.2, -0.15) is 0 Å². The molecular weight excluding hydrogens is 208 g/mol. The van der Waals surface area contributed by atoms with Gasteiger partial charge in [-0.1, -0.05) is 6.92 Å². The lowest BCUT2D eigenvalue weighted by atomic mass is 10.3. The van der Waals surface area contributed by atoms with Crippen molar-refractivity contribution in [3.8, 4) is 0 Å². The van der Waals surface area contributed by atoms with E-state index in [1.165, 1.54) is 4.88 Å². The second-order valence-electron chi connectivity index (χ2n) is 3.47. The summed E-state index contributed by atoms with van der Waals surface area (Å²) in [7, 11) is 0. The normalized spacial score (nSPS) is 11.6. The van der Waals surface area contributed by atoms with Crippen LogP contribution < -0.4 is 0 Å². The average molecular weight is 218 g/mol. The molecule has 0 radical (unpaired) electrons. The van der Waals surface area contributed by atoms with E-state index in [9.17, 15) is 0 Å². The maximum atomic E-state index is 4.41. The highest BCUT2D eigenvalue weighted by atomic mass is 32.1. The lowest BCUT2D eigenvalue weighted by Gasteiger charge is -1.93. The summed E-state index contributed by atoms with van der Waals surface area (Å²) in [6.07, 6.45) is 2.84. The Kier molecular flexibility index (Phi) is 1.76. The standard InChI is InChI=1S/C10H10N4S/c1-3-7-4-8-9-13-12-6(2)14(9)5-11-10(8)15-7/h4-5H,3H2,1-2H3. The first-order valence-electron chi connectivity index (χ1n) is 4.88. The molecule has 0 saturated carbocycles. The van der Waals surface area contributed by atoms with Gasteiger partial charge in [-0.3, -0.25) is 4.40 Å². The minimum atomic E-state index is 0.878. The van der Waals surface area contributed by atoms with Crippen LogP contribution in [0.5, 0.6) is 0 Å². The minimum absolute atomic E-state index is 0.878. The zero-order chi connectivity index (χ0) is 10.4. The van der Waals surface area contributed by atoms with Gasteiger partial charge in [0.2, 0.25) is 0 Å². The van der Waals surface area contributed by atoms with Gasteiger partial charge in [-0.15, -0.1) is 21.5 Å². The molecule has 0 aromatic carbocycles. The summed E-state index contributed by atoms with van der Waals surface area (Å²) in [5.41, 5.74) is 0.911. The topological polar surface area (TPSA) is 43.1 Å². The maximum absolute atomic E-state index is 4.41. The van der Waals surface area contributed by atoms with Crippen LogP contribution in [-0.2, 0) is 6.42 Å². The van der Waals surface area contributed by atoms with Crippen LogP contribution in [0.4, 0.5) is 0 Å². The number of fused-ring (bicyclic) bond motifs is 3. The minimum Gasteiger partial charge on any atom is -0.269 e. The van der Waals surface area contributed by atoms with Crippen LogP contribution in [0.2, 0.25) is 0 Å². The Bertz CT molecular complexity index is 637. The van der Waals surface area contributed by atoms with Crippen molar-refractivity contribution in [2.75, 3.05) is 0 Å². The Balaban J connectivity index is 2.47. The molecule has 0 N–H and O–H groups in total. The molecule has 3 heterocycles. The van der Waals surface area contributed by atoms with E-state index in [1.54, 1.807) is 17.7 Å². The van der Waals surface area contributed by atoms with Gasteiger partial charge in [0.05, 0.1) is 5.39 Å². The molecule has 0 amide bonds.